The molecule has 2 heteroatoms. The van der Waals surface area contributed by atoms with Crippen LogP contribution in [0.4, 0.5) is 0 Å². The highest BCUT2D eigenvalue weighted by Gasteiger charge is 2.48. The third-order valence-electron chi connectivity index (χ3n) is 3.19. The smallest absolute Gasteiger partial charge is 0.0416 e. The van der Waals surface area contributed by atoms with E-state index in [0.717, 1.165) is 12.8 Å². The predicted molar refractivity (Wildman–Crippen MR) is 37.7 cm³/mol. The van der Waals surface area contributed by atoms with Gasteiger partial charge in [0, 0.05) is 12.1 Å². The largest absolute Gasteiger partial charge is 0.148 e. The summed E-state index contributed by atoms with van der Waals surface area (Å²) in [6.45, 7) is 4.39. The molecule has 2 bridgehead atoms. The van der Waals surface area contributed by atoms with Crippen LogP contribution in [0.5, 0.6) is 0 Å². The van der Waals surface area contributed by atoms with Gasteiger partial charge < -0.3 is 0 Å². The average molecular weight is 140 g/mol. The van der Waals surface area contributed by atoms with Crippen molar-refractivity contribution in [2.24, 2.45) is 11.8 Å². The van der Waals surface area contributed by atoms with Gasteiger partial charge in [-0.05, 0) is 24.7 Å². The Morgan fingerprint density at radius 1 is 1.10 bits per heavy atom. The second-order valence-corrected chi connectivity index (χ2v) is 3.92. The topological polar surface area (TPSA) is 23.1 Å². The Hall–Kier alpha value is -0.0800. The van der Waals surface area contributed by atoms with Crippen molar-refractivity contribution in [3.8, 4) is 0 Å². The van der Waals surface area contributed by atoms with E-state index >= 15 is 0 Å². The molecule has 2 aliphatic rings. The number of fused-ring (bicyclic) bond motifs is 2. The fourth-order valence-corrected chi connectivity index (χ4v) is 2.50. The Morgan fingerprint density at radius 3 is 1.70 bits per heavy atom. The molecule has 0 saturated carbocycles. The van der Waals surface area contributed by atoms with Crippen LogP contribution in [0, 0.1) is 11.8 Å². The van der Waals surface area contributed by atoms with Crippen molar-refractivity contribution in [1.29, 1.82) is 0 Å². The van der Waals surface area contributed by atoms with Crippen molar-refractivity contribution in [3.63, 3.8) is 0 Å². The number of hydrogen-bond acceptors (Lipinski definition) is 1. The summed E-state index contributed by atoms with van der Waals surface area (Å²) in [5.74, 6) is 1.30. The van der Waals surface area contributed by atoms with Gasteiger partial charge in [0.25, 0.3) is 0 Å². The van der Waals surface area contributed by atoms with E-state index in [2.05, 4.69) is 13.8 Å². The molecule has 0 spiro atoms. The van der Waals surface area contributed by atoms with Gasteiger partial charge in [-0.15, -0.1) is 10.3 Å². The van der Waals surface area contributed by atoms with Crippen molar-refractivity contribution in [2.45, 2.75) is 38.8 Å². The van der Waals surface area contributed by atoms with Gasteiger partial charge in [0.15, 0.2) is 0 Å². The maximum atomic E-state index is 11.3. The molecule has 2 nitrogen and oxygen atoms in total. The highest BCUT2D eigenvalue weighted by atomic mass is 16.5. The second kappa shape index (κ2) is 1.95. The molecule has 2 rings (SSSR count). The third-order valence-corrected chi connectivity index (χ3v) is 3.19. The van der Waals surface area contributed by atoms with Crippen molar-refractivity contribution in [1.82, 2.24) is 5.06 Å². The van der Waals surface area contributed by atoms with Crippen LogP contribution in [0.3, 0.4) is 0 Å². The molecule has 2 heterocycles. The number of rotatable bonds is 0. The van der Waals surface area contributed by atoms with Gasteiger partial charge in [-0.2, -0.15) is 0 Å². The second-order valence-electron chi connectivity index (χ2n) is 3.92. The van der Waals surface area contributed by atoms with E-state index in [1.54, 1.807) is 0 Å². The highest BCUT2D eigenvalue weighted by Crippen LogP contribution is 2.43. The number of hydroxylamine groups is 2. The first-order valence-corrected chi connectivity index (χ1v) is 4.15. The van der Waals surface area contributed by atoms with Gasteiger partial charge >= 0.3 is 0 Å². The molecule has 10 heavy (non-hydrogen) atoms. The lowest BCUT2D eigenvalue weighted by atomic mass is 9.84. The number of hydrogen-bond donors (Lipinski definition) is 0. The average Bonchev–Trinajstić information content (AvgIpc) is 2.26. The first kappa shape index (κ1) is 6.62. The van der Waals surface area contributed by atoms with Crippen LogP contribution in [0.2, 0.25) is 0 Å². The Labute approximate surface area is 61.8 Å². The van der Waals surface area contributed by atoms with Gasteiger partial charge in [0.05, 0.1) is 0 Å². The summed E-state index contributed by atoms with van der Waals surface area (Å²) < 4.78 is 0. The first-order chi connectivity index (χ1) is 4.70. The van der Waals surface area contributed by atoms with E-state index < -0.39 is 0 Å². The summed E-state index contributed by atoms with van der Waals surface area (Å²) in [6, 6.07) is 0.722. The molecule has 57 valence electrons. The van der Waals surface area contributed by atoms with E-state index in [9.17, 15) is 5.21 Å². The Bertz CT molecular complexity index is 132. The molecular formula is C8H14NO. The highest BCUT2D eigenvalue weighted by molar-refractivity contribution is 4.98. The van der Waals surface area contributed by atoms with Crippen LogP contribution in [0.1, 0.15) is 26.7 Å². The van der Waals surface area contributed by atoms with Crippen LogP contribution in [0.15, 0.2) is 0 Å². The monoisotopic (exact) mass is 140 g/mol. The van der Waals surface area contributed by atoms with Gasteiger partial charge in [-0.3, -0.25) is 0 Å². The molecule has 0 aromatic carbocycles. The Morgan fingerprint density at radius 2 is 1.50 bits per heavy atom. The van der Waals surface area contributed by atoms with Gasteiger partial charge in [-0.25, -0.2) is 0 Å². The fourth-order valence-electron chi connectivity index (χ4n) is 2.50. The lowest BCUT2D eigenvalue weighted by molar-refractivity contribution is -0.177. The normalized spacial score (nSPS) is 54.3. The molecule has 0 unspecified atom stereocenters. The maximum absolute atomic E-state index is 11.3. The molecule has 0 aromatic rings. The molecule has 2 aliphatic heterocycles. The van der Waals surface area contributed by atoms with Crippen molar-refractivity contribution in [2.75, 3.05) is 0 Å². The summed E-state index contributed by atoms with van der Waals surface area (Å²) >= 11 is 0. The van der Waals surface area contributed by atoms with Gasteiger partial charge in [0.1, 0.15) is 0 Å². The van der Waals surface area contributed by atoms with Crippen LogP contribution in [-0.4, -0.2) is 17.1 Å². The summed E-state index contributed by atoms with van der Waals surface area (Å²) in [5, 5.41) is 12.6. The van der Waals surface area contributed by atoms with Crippen LogP contribution >= 0.6 is 0 Å². The lowest BCUT2D eigenvalue weighted by Gasteiger charge is -2.18. The zero-order valence-electron chi connectivity index (χ0n) is 6.58. The predicted octanol–water partition coefficient (Wildman–Crippen LogP) is 1.45. The van der Waals surface area contributed by atoms with E-state index in [1.165, 1.54) is 5.06 Å². The third kappa shape index (κ3) is 0.663. The molecular weight excluding hydrogens is 126 g/mol. The summed E-state index contributed by atoms with van der Waals surface area (Å²) in [7, 11) is 0. The molecule has 2 fully saturated rings. The minimum absolute atomic E-state index is 0.361. The van der Waals surface area contributed by atoms with Crippen LogP contribution in [0.25, 0.3) is 0 Å². The first-order valence-electron chi connectivity index (χ1n) is 4.15. The fraction of sp³-hybridized carbons (Fsp3) is 1.00. The van der Waals surface area contributed by atoms with Crippen LogP contribution in [-0.2, 0) is 5.21 Å². The Kier molecular flexibility index (Phi) is 1.29. The zero-order chi connectivity index (χ0) is 7.30. The maximum Gasteiger partial charge on any atom is 0.0416 e. The molecule has 0 N–H and O–H groups in total. The molecule has 0 aliphatic carbocycles. The van der Waals surface area contributed by atoms with Crippen molar-refractivity contribution >= 4 is 0 Å². The summed E-state index contributed by atoms with van der Waals surface area (Å²) in [4.78, 5) is 0. The Balaban J connectivity index is 2.17. The SMILES string of the molecule is C[C@H]1C[C@@H]2[C@@H](C)C[C@H]1N2[O]. The van der Waals surface area contributed by atoms with E-state index in [-0.39, 0.29) is 0 Å². The lowest BCUT2D eigenvalue weighted by Crippen LogP contribution is -2.24. The van der Waals surface area contributed by atoms with E-state index in [1.807, 2.05) is 0 Å². The molecule has 1 radical (unpaired) electrons. The van der Waals surface area contributed by atoms with Gasteiger partial charge in [0.2, 0.25) is 0 Å². The standard InChI is InChI=1S/C8H14NO/c1-5-3-8-6(2)4-7(5)9(8)10/h5-8H,3-4H2,1-2H3/t5-,6-,7+,8+/m0/s1. The number of nitrogens with zero attached hydrogens (tertiary/aromatic N) is 1. The summed E-state index contributed by atoms with van der Waals surface area (Å²) in [6.07, 6.45) is 2.27. The minimum Gasteiger partial charge on any atom is -0.148 e. The molecule has 0 aromatic heterocycles. The van der Waals surface area contributed by atoms with Gasteiger partial charge in [-0.1, -0.05) is 13.8 Å². The molecule has 2 saturated heterocycles. The molecule has 0 amide bonds. The minimum atomic E-state index is 0.361. The van der Waals surface area contributed by atoms with E-state index in [4.69, 9.17) is 0 Å². The quantitative estimate of drug-likeness (QED) is 0.499. The summed E-state index contributed by atoms with van der Waals surface area (Å²) in [5.41, 5.74) is 0. The molecule has 4 atom stereocenters. The zero-order valence-corrected chi connectivity index (χ0v) is 6.58. The van der Waals surface area contributed by atoms with Crippen LogP contribution < -0.4 is 0 Å². The van der Waals surface area contributed by atoms with Crippen molar-refractivity contribution in [3.05, 3.63) is 0 Å². The van der Waals surface area contributed by atoms with E-state index in [0.29, 0.717) is 23.9 Å². The van der Waals surface area contributed by atoms with Crippen molar-refractivity contribution < 1.29 is 5.21 Å².